The van der Waals surface area contributed by atoms with E-state index in [1.807, 2.05) is 6.07 Å². The molecule has 31 heavy (non-hydrogen) atoms. The van der Waals surface area contributed by atoms with Crippen molar-refractivity contribution in [3.8, 4) is 11.1 Å². The van der Waals surface area contributed by atoms with E-state index in [9.17, 15) is 4.79 Å². The molecule has 2 unspecified atom stereocenters. The van der Waals surface area contributed by atoms with Crippen molar-refractivity contribution in [2.24, 2.45) is 17.6 Å². The fraction of sp³-hybridized carbons (Fsp3) is 0.407. The number of nitrogens with two attached hydrogens (primary N) is 2. The molecule has 0 bridgehead atoms. The molecule has 1 aromatic heterocycles. The SMILES string of the molecule is Cc1ccccc1-c1ccc2nc(N)c(C(C)C(CC3CCCCC3)C(N)=O)cc2c1. The Balaban J connectivity index is 1.68. The lowest BCUT2D eigenvalue weighted by Gasteiger charge is -2.29. The third-order valence-corrected chi connectivity index (χ3v) is 7.10. The van der Waals surface area contributed by atoms with Crippen LogP contribution in [-0.4, -0.2) is 10.9 Å². The highest BCUT2D eigenvalue weighted by Gasteiger charge is 2.30. The lowest BCUT2D eigenvalue weighted by Crippen LogP contribution is -2.30. The number of carbonyl (C=O) groups excluding carboxylic acids is 1. The van der Waals surface area contributed by atoms with Crippen molar-refractivity contribution >= 4 is 22.6 Å². The molecule has 4 rings (SSSR count). The number of aryl methyl sites for hydroxylation is 1. The number of hydrogen-bond donors (Lipinski definition) is 2. The zero-order valence-electron chi connectivity index (χ0n) is 18.6. The van der Waals surface area contributed by atoms with Crippen LogP contribution in [0, 0.1) is 18.8 Å². The van der Waals surface area contributed by atoms with Crippen LogP contribution < -0.4 is 11.5 Å². The molecule has 4 nitrogen and oxygen atoms in total. The normalized spacial score (nSPS) is 16.8. The fourth-order valence-corrected chi connectivity index (χ4v) is 5.20. The largest absolute Gasteiger partial charge is 0.383 e. The van der Waals surface area contributed by atoms with Crippen LogP contribution in [0.15, 0.2) is 48.5 Å². The summed E-state index contributed by atoms with van der Waals surface area (Å²) in [4.78, 5) is 17.1. The molecule has 0 spiro atoms. The Labute approximate surface area is 185 Å². The highest BCUT2D eigenvalue weighted by Crippen LogP contribution is 2.38. The van der Waals surface area contributed by atoms with Gasteiger partial charge in [-0.05, 0) is 65.6 Å². The minimum absolute atomic E-state index is 0.0570. The number of nitrogens with zero attached hydrogens (tertiary/aromatic N) is 1. The maximum absolute atomic E-state index is 12.4. The molecule has 1 fully saturated rings. The number of anilines is 1. The van der Waals surface area contributed by atoms with Crippen molar-refractivity contribution in [2.45, 2.75) is 58.3 Å². The summed E-state index contributed by atoms with van der Waals surface area (Å²) in [5.41, 5.74) is 17.6. The van der Waals surface area contributed by atoms with E-state index in [-0.39, 0.29) is 17.7 Å². The lowest BCUT2D eigenvalue weighted by molar-refractivity contribution is -0.123. The Bertz CT molecular complexity index is 1090. The summed E-state index contributed by atoms with van der Waals surface area (Å²) in [6.07, 6.45) is 7.05. The molecular weight excluding hydrogens is 382 g/mol. The Morgan fingerprint density at radius 3 is 2.55 bits per heavy atom. The van der Waals surface area contributed by atoms with Crippen molar-refractivity contribution in [1.29, 1.82) is 0 Å². The molecule has 1 amide bonds. The number of hydrogen-bond acceptors (Lipinski definition) is 3. The van der Waals surface area contributed by atoms with Gasteiger partial charge >= 0.3 is 0 Å². The van der Waals surface area contributed by atoms with Gasteiger partial charge in [-0.3, -0.25) is 4.79 Å². The van der Waals surface area contributed by atoms with Crippen molar-refractivity contribution in [1.82, 2.24) is 4.98 Å². The zero-order valence-corrected chi connectivity index (χ0v) is 18.6. The van der Waals surface area contributed by atoms with Gasteiger partial charge in [-0.2, -0.15) is 0 Å². The minimum Gasteiger partial charge on any atom is -0.383 e. The van der Waals surface area contributed by atoms with E-state index in [0.29, 0.717) is 11.7 Å². The number of rotatable bonds is 6. The van der Waals surface area contributed by atoms with Gasteiger partial charge < -0.3 is 11.5 Å². The zero-order chi connectivity index (χ0) is 22.0. The average Bonchev–Trinajstić information content (AvgIpc) is 2.77. The first-order valence-corrected chi connectivity index (χ1v) is 11.5. The highest BCUT2D eigenvalue weighted by atomic mass is 16.1. The summed E-state index contributed by atoms with van der Waals surface area (Å²) in [6, 6.07) is 16.8. The summed E-state index contributed by atoms with van der Waals surface area (Å²) in [6.45, 7) is 4.19. The van der Waals surface area contributed by atoms with Gasteiger partial charge in [0.1, 0.15) is 5.82 Å². The van der Waals surface area contributed by atoms with Crippen LogP contribution in [0.5, 0.6) is 0 Å². The number of amides is 1. The molecule has 1 heterocycles. The molecule has 4 heteroatoms. The van der Waals surface area contributed by atoms with E-state index in [2.05, 4.69) is 61.3 Å². The summed E-state index contributed by atoms with van der Waals surface area (Å²) in [5, 5.41) is 1.04. The first kappa shape index (κ1) is 21.4. The van der Waals surface area contributed by atoms with Gasteiger partial charge in [0.25, 0.3) is 0 Å². The molecule has 3 aromatic rings. The first-order valence-electron chi connectivity index (χ1n) is 11.5. The molecule has 2 aromatic carbocycles. The summed E-state index contributed by atoms with van der Waals surface area (Å²) >= 11 is 0. The molecule has 4 N–H and O–H groups in total. The quantitative estimate of drug-likeness (QED) is 0.520. The number of benzene rings is 2. The summed E-state index contributed by atoms with van der Waals surface area (Å²) < 4.78 is 0. The monoisotopic (exact) mass is 415 g/mol. The molecule has 162 valence electrons. The second-order valence-corrected chi connectivity index (χ2v) is 9.22. The van der Waals surface area contributed by atoms with E-state index in [1.54, 1.807) is 0 Å². The van der Waals surface area contributed by atoms with Gasteiger partial charge in [-0.25, -0.2) is 4.98 Å². The second-order valence-electron chi connectivity index (χ2n) is 9.22. The molecule has 2 atom stereocenters. The van der Waals surface area contributed by atoms with Crippen LogP contribution in [0.25, 0.3) is 22.0 Å². The third-order valence-electron chi connectivity index (χ3n) is 7.10. The van der Waals surface area contributed by atoms with E-state index >= 15 is 0 Å². The van der Waals surface area contributed by atoms with Gasteiger partial charge in [0.2, 0.25) is 5.91 Å². The highest BCUT2D eigenvalue weighted by molar-refractivity contribution is 5.87. The standard InChI is InChI=1S/C27H33N3O/c1-17-8-6-7-11-22(17)20-12-13-25-21(15-20)16-23(26(28)30-25)18(2)24(27(29)31)14-19-9-4-3-5-10-19/h6-8,11-13,15-16,18-19,24H,3-5,9-10,14H2,1-2H3,(H2,28,30)(H2,29,31). The van der Waals surface area contributed by atoms with Crippen LogP contribution in [0.1, 0.15) is 62.5 Å². The molecule has 0 radical (unpaired) electrons. The second kappa shape index (κ2) is 9.09. The molecule has 1 aliphatic carbocycles. The van der Waals surface area contributed by atoms with Crippen LogP contribution in [0.4, 0.5) is 5.82 Å². The maximum atomic E-state index is 12.4. The molecular formula is C27H33N3O. The van der Waals surface area contributed by atoms with Gasteiger partial charge in [-0.15, -0.1) is 0 Å². The van der Waals surface area contributed by atoms with E-state index in [0.717, 1.165) is 28.5 Å². The number of pyridine rings is 1. The van der Waals surface area contributed by atoms with E-state index in [1.165, 1.54) is 43.2 Å². The number of primary amides is 1. The van der Waals surface area contributed by atoms with E-state index in [4.69, 9.17) is 11.5 Å². The Hall–Kier alpha value is -2.88. The molecule has 0 aliphatic heterocycles. The summed E-state index contributed by atoms with van der Waals surface area (Å²) in [5.74, 6) is 0.573. The van der Waals surface area contributed by atoms with Crippen LogP contribution in [-0.2, 0) is 4.79 Å². The van der Waals surface area contributed by atoms with Crippen molar-refractivity contribution in [3.63, 3.8) is 0 Å². The van der Waals surface area contributed by atoms with Crippen LogP contribution in [0.2, 0.25) is 0 Å². The Kier molecular flexibility index (Phi) is 6.26. The van der Waals surface area contributed by atoms with Crippen LogP contribution >= 0.6 is 0 Å². The molecule has 1 saturated carbocycles. The predicted molar refractivity (Wildman–Crippen MR) is 129 cm³/mol. The molecule has 0 saturated heterocycles. The minimum atomic E-state index is -0.230. The van der Waals surface area contributed by atoms with Gasteiger partial charge in [0.05, 0.1) is 5.52 Å². The number of aromatic nitrogens is 1. The smallest absolute Gasteiger partial charge is 0.221 e. The third kappa shape index (κ3) is 4.58. The number of nitrogen functional groups attached to an aromatic ring is 1. The van der Waals surface area contributed by atoms with Crippen molar-refractivity contribution in [2.75, 3.05) is 5.73 Å². The molecule has 1 aliphatic rings. The topological polar surface area (TPSA) is 82.0 Å². The summed E-state index contributed by atoms with van der Waals surface area (Å²) in [7, 11) is 0. The Morgan fingerprint density at radius 2 is 1.84 bits per heavy atom. The van der Waals surface area contributed by atoms with Crippen LogP contribution in [0.3, 0.4) is 0 Å². The van der Waals surface area contributed by atoms with Crippen molar-refractivity contribution in [3.05, 3.63) is 59.7 Å². The average molecular weight is 416 g/mol. The lowest BCUT2D eigenvalue weighted by atomic mass is 9.76. The van der Waals surface area contributed by atoms with Crippen molar-refractivity contribution < 1.29 is 4.79 Å². The van der Waals surface area contributed by atoms with Gasteiger partial charge in [0.15, 0.2) is 0 Å². The first-order chi connectivity index (χ1) is 14.9. The fourth-order valence-electron chi connectivity index (χ4n) is 5.20. The predicted octanol–water partition coefficient (Wildman–Crippen LogP) is 5.97. The van der Waals surface area contributed by atoms with E-state index < -0.39 is 0 Å². The van der Waals surface area contributed by atoms with Gasteiger partial charge in [0, 0.05) is 11.3 Å². The number of fused-ring (bicyclic) bond motifs is 1. The van der Waals surface area contributed by atoms with Gasteiger partial charge in [-0.1, -0.05) is 69.4 Å². The Morgan fingerprint density at radius 1 is 1.10 bits per heavy atom. The number of carbonyl (C=O) groups is 1. The maximum Gasteiger partial charge on any atom is 0.221 e.